The monoisotopic (exact) mass is 682 g/mol. The molecule has 6 rings (SSSR count). The molecular weight excluding hydrogens is 652 g/mol. The number of rotatable bonds is 12. The zero-order valence-electron chi connectivity index (χ0n) is 24.9. The molecular formula is C32H30N2O11S2. The summed E-state index contributed by atoms with van der Waals surface area (Å²) >= 11 is -2.91. The number of nitrogens with zero attached hydrogens (tertiary/aromatic N) is 2. The van der Waals surface area contributed by atoms with Gasteiger partial charge >= 0.3 is 12.1 Å². The van der Waals surface area contributed by atoms with E-state index in [1.165, 1.54) is 43.1 Å². The molecule has 0 amide bonds. The lowest BCUT2D eigenvalue weighted by Gasteiger charge is -2.10. The Morgan fingerprint density at radius 3 is 2.09 bits per heavy atom. The van der Waals surface area contributed by atoms with Crippen LogP contribution in [0.4, 0.5) is 4.79 Å². The summed E-state index contributed by atoms with van der Waals surface area (Å²) in [4.78, 5) is 48.4. The molecule has 4 aromatic rings. The minimum absolute atomic E-state index is 0.135. The topological polar surface area (TPSA) is 200 Å². The number of furan rings is 2. The Kier molecular flexibility index (Phi) is 10.3. The van der Waals surface area contributed by atoms with Gasteiger partial charge in [-0.2, -0.15) is 0 Å². The van der Waals surface area contributed by atoms with Gasteiger partial charge in [-0.1, -0.05) is 13.2 Å². The van der Waals surface area contributed by atoms with E-state index in [2.05, 4.69) is 13.2 Å². The number of carboxylic acids is 1. The highest BCUT2D eigenvalue weighted by molar-refractivity contribution is 7.92. The third-order valence-electron chi connectivity index (χ3n) is 7.66. The summed E-state index contributed by atoms with van der Waals surface area (Å²) in [7, 11) is 0. The minimum atomic E-state index is -1.47. The van der Waals surface area contributed by atoms with E-state index in [1.807, 2.05) is 0 Å². The molecule has 4 aromatic heterocycles. The van der Waals surface area contributed by atoms with Crippen LogP contribution in [0.15, 0.2) is 93.1 Å². The van der Waals surface area contributed by atoms with Crippen molar-refractivity contribution in [3.05, 3.63) is 109 Å². The van der Waals surface area contributed by atoms with Crippen molar-refractivity contribution in [1.82, 2.24) is 9.13 Å². The summed E-state index contributed by atoms with van der Waals surface area (Å²) in [5.41, 5.74) is 1.93. The van der Waals surface area contributed by atoms with E-state index in [4.69, 9.17) is 18.7 Å². The van der Waals surface area contributed by atoms with Gasteiger partial charge in [0.25, 0.3) is 0 Å². The lowest BCUT2D eigenvalue weighted by atomic mass is 10.1. The van der Waals surface area contributed by atoms with Crippen LogP contribution in [-0.4, -0.2) is 63.6 Å². The van der Waals surface area contributed by atoms with Crippen LogP contribution in [0.25, 0.3) is 0 Å². The number of ether oxygens (including phenoxy) is 1. The normalized spacial score (nSPS) is 17.5. The Morgan fingerprint density at radius 1 is 0.915 bits per heavy atom. The molecule has 0 aliphatic carbocycles. The highest BCUT2D eigenvalue weighted by atomic mass is 32.2. The molecule has 4 atom stereocenters. The van der Waals surface area contributed by atoms with Crippen LogP contribution in [0.5, 0.6) is 0 Å². The summed E-state index contributed by atoms with van der Waals surface area (Å²) in [6, 6.07) is 7.82. The first-order chi connectivity index (χ1) is 22.6. The maximum atomic E-state index is 12.8. The van der Waals surface area contributed by atoms with Crippen LogP contribution >= 0.6 is 0 Å². The van der Waals surface area contributed by atoms with E-state index >= 15 is 0 Å². The number of aliphatic carboxylic acids is 1. The van der Waals surface area contributed by atoms with Crippen molar-refractivity contribution in [3.8, 4) is 0 Å². The fourth-order valence-corrected chi connectivity index (χ4v) is 7.81. The van der Waals surface area contributed by atoms with Gasteiger partial charge in [0.15, 0.2) is 15.6 Å². The number of fused-ring (bicyclic) bond motifs is 2. The molecule has 47 heavy (non-hydrogen) atoms. The van der Waals surface area contributed by atoms with Gasteiger partial charge < -0.3 is 42.0 Å². The van der Waals surface area contributed by atoms with Gasteiger partial charge in [0, 0.05) is 37.3 Å². The Bertz CT molecular complexity index is 1800. The smallest absolute Gasteiger partial charge is 0.506 e. The van der Waals surface area contributed by atoms with E-state index in [9.17, 15) is 33.4 Å². The number of hydrogen-bond donors (Lipinski definition) is 2. The second-order valence-corrected chi connectivity index (χ2v) is 13.4. The summed E-state index contributed by atoms with van der Waals surface area (Å²) in [6.45, 7) is 7.94. The standard InChI is InChI=1S/C16H15NO6S.C16H15NO5S/c1-2-8-24(21)13-9-10-11(23-16(19)20)5-6-17(10)14(13)15(18)12-4-3-7-22-12;1-2-7-23(21)13-8-12-11(16(19)20)3-5-17(12)14(13)15(18)10-4-6-22-9-10/h2-4,7,9,11H,1,5-6,8H2,(H,19,20);2,4,6,8-9,11H,1,3,5,7H2,(H,19,20). The molecule has 4 unspecified atom stereocenters. The van der Waals surface area contributed by atoms with Gasteiger partial charge in [-0.3, -0.25) is 14.4 Å². The Hall–Kier alpha value is -4.70. The van der Waals surface area contributed by atoms with Gasteiger partial charge in [-0.15, -0.1) is 0 Å². The summed E-state index contributed by atoms with van der Waals surface area (Å²) in [6.07, 6.45) is 5.90. The predicted molar refractivity (Wildman–Crippen MR) is 168 cm³/mol. The molecule has 15 heteroatoms. The van der Waals surface area contributed by atoms with Crippen LogP contribution in [0, 0.1) is 0 Å². The van der Waals surface area contributed by atoms with Gasteiger partial charge in [-0.05, 0) is 59.1 Å². The summed E-state index contributed by atoms with van der Waals surface area (Å²) in [5.74, 6) is -1.81. The molecule has 2 aliphatic rings. The van der Waals surface area contributed by atoms with Crippen molar-refractivity contribution >= 4 is 46.0 Å². The van der Waals surface area contributed by atoms with Crippen molar-refractivity contribution in [2.75, 3.05) is 11.5 Å². The van der Waals surface area contributed by atoms with E-state index in [1.54, 1.807) is 27.3 Å². The highest BCUT2D eigenvalue weighted by Crippen LogP contribution is 2.38. The maximum absolute atomic E-state index is 12.8. The Morgan fingerprint density at radius 2 is 1.53 bits per heavy atom. The van der Waals surface area contributed by atoms with Crippen LogP contribution in [0.1, 0.15) is 68.6 Å². The third kappa shape index (κ3) is 6.74. The average Bonchev–Trinajstić information content (AvgIpc) is 3.87. The molecule has 0 saturated carbocycles. The van der Waals surface area contributed by atoms with Crippen molar-refractivity contribution in [2.45, 2.75) is 47.7 Å². The Balaban J connectivity index is 0.000000185. The van der Waals surface area contributed by atoms with Crippen LogP contribution in [0.3, 0.4) is 0 Å². The van der Waals surface area contributed by atoms with E-state index in [0.717, 1.165) is 0 Å². The van der Waals surface area contributed by atoms with Gasteiger partial charge in [-0.25, -0.2) is 4.79 Å². The molecule has 2 N–H and O–H groups in total. The third-order valence-corrected chi connectivity index (χ3v) is 10.3. The number of hydrogen-bond acceptors (Lipinski definition) is 9. The molecule has 0 radical (unpaired) electrons. The van der Waals surface area contributed by atoms with Crippen molar-refractivity contribution in [3.63, 3.8) is 0 Å². The quantitative estimate of drug-likeness (QED) is 0.0889. The van der Waals surface area contributed by atoms with Crippen molar-refractivity contribution in [1.29, 1.82) is 0 Å². The van der Waals surface area contributed by atoms with Crippen LogP contribution < -0.4 is 0 Å². The molecule has 0 fully saturated rings. The maximum Gasteiger partial charge on any atom is 0.506 e. The first-order valence-electron chi connectivity index (χ1n) is 14.3. The molecule has 246 valence electrons. The summed E-state index contributed by atoms with van der Waals surface area (Å²) in [5, 5.41) is 18.2. The second-order valence-electron chi connectivity index (χ2n) is 10.5. The Labute approximate surface area is 274 Å². The largest absolute Gasteiger partial charge is 0.611 e. The van der Waals surface area contributed by atoms with E-state index < -0.39 is 52.3 Å². The molecule has 6 heterocycles. The number of carboxylic acid groups (broad SMARTS) is 2. The lowest BCUT2D eigenvalue weighted by molar-refractivity contribution is -0.138. The van der Waals surface area contributed by atoms with Gasteiger partial charge in [0.05, 0.1) is 29.7 Å². The average molecular weight is 683 g/mol. The molecule has 0 aromatic carbocycles. The zero-order valence-corrected chi connectivity index (χ0v) is 26.5. The molecule has 13 nitrogen and oxygen atoms in total. The van der Waals surface area contributed by atoms with Crippen molar-refractivity contribution < 1.29 is 52.1 Å². The molecule has 0 saturated heterocycles. The fourth-order valence-electron chi connectivity index (χ4n) is 5.68. The van der Waals surface area contributed by atoms with Crippen LogP contribution in [0.2, 0.25) is 0 Å². The van der Waals surface area contributed by atoms with Gasteiger partial charge in [0.2, 0.25) is 11.6 Å². The fraction of sp³-hybridized carbons (Fsp3) is 0.250. The minimum Gasteiger partial charge on any atom is -0.611 e. The van der Waals surface area contributed by atoms with E-state index in [0.29, 0.717) is 52.7 Å². The second kappa shape index (κ2) is 14.4. The van der Waals surface area contributed by atoms with E-state index in [-0.39, 0.29) is 34.4 Å². The molecule has 2 aliphatic heterocycles. The van der Waals surface area contributed by atoms with Crippen molar-refractivity contribution in [2.24, 2.45) is 0 Å². The lowest BCUT2D eigenvalue weighted by Crippen LogP contribution is -2.14. The summed E-state index contributed by atoms with van der Waals surface area (Å²) < 4.78 is 43.2. The van der Waals surface area contributed by atoms with Crippen LogP contribution in [-0.2, 0) is 45.0 Å². The first kappa shape index (κ1) is 33.7. The molecule has 0 bridgehead atoms. The zero-order chi connectivity index (χ0) is 33.8. The number of carbonyl (C=O) groups excluding carboxylic acids is 2. The number of aromatic nitrogens is 2. The first-order valence-corrected chi connectivity index (χ1v) is 16.9. The SMILES string of the molecule is C=CC[S+]([O-])c1cc2n(c1C(=O)c1ccco1)CCC2OC(=O)O.C=CC[S+]([O-])c1cc2n(c1C(=O)c1ccoc1)CCC2C(=O)O. The highest BCUT2D eigenvalue weighted by Gasteiger charge is 2.39. The molecule has 0 spiro atoms. The predicted octanol–water partition coefficient (Wildman–Crippen LogP) is 4.92. The number of carbonyl (C=O) groups is 4. The van der Waals surface area contributed by atoms with Gasteiger partial charge in [0.1, 0.15) is 35.3 Å². The number of ketones is 2.